The molecule has 0 saturated carbocycles. The van der Waals surface area contributed by atoms with Gasteiger partial charge in [0.25, 0.3) is 5.91 Å². The maximum atomic E-state index is 12.8. The highest BCUT2D eigenvalue weighted by Gasteiger charge is 2.32. The highest BCUT2D eigenvalue weighted by Crippen LogP contribution is 2.32. The molecule has 2 aromatic carbocycles. The molecule has 1 aliphatic rings. The van der Waals surface area contributed by atoms with Crippen LogP contribution in [0.4, 0.5) is 0 Å². The molecule has 2 atom stereocenters. The summed E-state index contributed by atoms with van der Waals surface area (Å²) in [7, 11) is 0. The number of hydrogen-bond donors (Lipinski definition) is 1. The SMILES string of the molecule is C[C@H](NC(=O)c1ccccc1)C(=O)N1CCC[C@@H]1c1ccccc1. The predicted octanol–water partition coefficient (Wildman–Crippen LogP) is 3.17. The molecular formula is C20H22N2O2. The summed E-state index contributed by atoms with van der Waals surface area (Å²) >= 11 is 0. The molecule has 24 heavy (non-hydrogen) atoms. The van der Waals surface area contributed by atoms with E-state index in [9.17, 15) is 9.59 Å². The summed E-state index contributed by atoms with van der Waals surface area (Å²) in [5.74, 6) is -0.238. The highest BCUT2D eigenvalue weighted by atomic mass is 16.2. The van der Waals surface area contributed by atoms with Crippen LogP contribution in [-0.4, -0.2) is 29.3 Å². The Morgan fingerprint density at radius 1 is 1.04 bits per heavy atom. The number of carbonyl (C=O) groups excluding carboxylic acids is 2. The van der Waals surface area contributed by atoms with E-state index in [1.165, 1.54) is 0 Å². The summed E-state index contributed by atoms with van der Waals surface area (Å²) in [5, 5.41) is 2.81. The molecule has 0 unspecified atom stereocenters. The summed E-state index contributed by atoms with van der Waals surface area (Å²) in [6.07, 6.45) is 1.96. The van der Waals surface area contributed by atoms with Crippen molar-refractivity contribution in [3.05, 3.63) is 71.8 Å². The van der Waals surface area contributed by atoms with Gasteiger partial charge in [0.1, 0.15) is 6.04 Å². The molecule has 2 aromatic rings. The van der Waals surface area contributed by atoms with Crippen molar-refractivity contribution in [2.75, 3.05) is 6.54 Å². The van der Waals surface area contributed by atoms with Crippen LogP contribution in [0, 0.1) is 0 Å². The van der Waals surface area contributed by atoms with Crippen LogP contribution in [0.15, 0.2) is 60.7 Å². The number of likely N-dealkylation sites (tertiary alicyclic amines) is 1. The lowest BCUT2D eigenvalue weighted by Gasteiger charge is -2.28. The van der Waals surface area contributed by atoms with Gasteiger partial charge in [-0.25, -0.2) is 0 Å². The third kappa shape index (κ3) is 3.48. The minimum Gasteiger partial charge on any atom is -0.341 e. The van der Waals surface area contributed by atoms with Gasteiger partial charge in [-0.2, -0.15) is 0 Å². The summed E-state index contributed by atoms with van der Waals surface area (Å²) in [4.78, 5) is 26.9. The van der Waals surface area contributed by atoms with Crippen molar-refractivity contribution in [2.45, 2.75) is 31.8 Å². The fraction of sp³-hybridized carbons (Fsp3) is 0.300. The van der Waals surface area contributed by atoms with Crippen LogP contribution in [0.3, 0.4) is 0 Å². The Bertz CT molecular complexity index is 700. The molecule has 0 aliphatic carbocycles. The number of hydrogen-bond acceptors (Lipinski definition) is 2. The van der Waals surface area contributed by atoms with Gasteiger partial charge in [0.2, 0.25) is 5.91 Å². The van der Waals surface area contributed by atoms with Crippen molar-refractivity contribution in [1.29, 1.82) is 0 Å². The fourth-order valence-electron chi connectivity index (χ4n) is 3.23. The van der Waals surface area contributed by atoms with Crippen LogP contribution in [0.5, 0.6) is 0 Å². The van der Waals surface area contributed by atoms with E-state index in [0.717, 1.165) is 24.9 Å². The number of nitrogens with zero attached hydrogens (tertiary/aromatic N) is 1. The summed E-state index contributed by atoms with van der Waals surface area (Å²) in [5.41, 5.74) is 1.73. The lowest BCUT2D eigenvalue weighted by Crippen LogP contribution is -2.46. The van der Waals surface area contributed by atoms with Crippen molar-refractivity contribution in [3.63, 3.8) is 0 Å². The minimum absolute atomic E-state index is 0.0226. The lowest BCUT2D eigenvalue weighted by molar-refractivity contribution is -0.133. The molecule has 0 radical (unpaired) electrons. The normalized spacial score (nSPS) is 18.2. The first-order valence-corrected chi connectivity index (χ1v) is 8.38. The van der Waals surface area contributed by atoms with Gasteiger partial charge in [-0.15, -0.1) is 0 Å². The molecule has 4 nitrogen and oxygen atoms in total. The Kier molecular flexibility index (Phi) is 4.94. The first kappa shape index (κ1) is 16.2. The Balaban J connectivity index is 1.68. The Morgan fingerprint density at radius 2 is 1.67 bits per heavy atom. The van der Waals surface area contributed by atoms with E-state index in [0.29, 0.717) is 5.56 Å². The van der Waals surface area contributed by atoms with Gasteiger partial charge in [0.15, 0.2) is 0 Å². The summed E-state index contributed by atoms with van der Waals surface area (Å²) in [6.45, 7) is 2.49. The van der Waals surface area contributed by atoms with Gasteiger partial charge in [-0.3, -0.25) is 9.59 Å². The average Bonchev–Trinajstić information content (AvgIpc) is 3.12. The number of benzene rings is 2. The molecule has 4 heteroatoms. The van der Waals surface area contributed by atoms with E-state index in [1.807, 2.05) is 41.3 Å². The van der Waals surface area contributed by atoms with Crippen molar-refractivity contribution in [1.82, 2.24) is 10.2 Å². The van der Waals surface area contributed by atoms with Crippen molar-refractivity contribution >= 4 is 11.8 Å². The molecule has 1 saturated heterocycles. The summed E-state index contributed by atoms with van der Waals surface area (Å²) < 4.78 is 0. The molecule has 124 valence electrons. The standard InChI is InChI=1S/C20H22N2O2/c1-15(21-19(23)17-11-6-3-7-12-17)20(24)22-14-8-13-18(22)16-9-4-2-5-10-16/h2-7,9-12,15,18H,8,13-14H2,1H3,(H,21,23)/t15-,18+/m0/s1. The second-order valence-electron chi connectivity index (χ2n) is 6.16. The third-order valence-corrected chi connectivity index (χ3v) is 4.47. The number of carbonyl (C=O) groups is 2. The van der Waals surface area contributed by atoms with Crippen LogP contribution in [0.25, 0.3) is 0 Å². The Hall–Kier alpha value is -2.62. The Morgan fingerprint density at radius 3 is 2.33 bits per heavy atom. The second-order valence-corrected chi connectivity index (χ2v) is 6.16. The average molecular weight is 322 g/mol. The van der Waals surface area contributed by atoms with Crippen molar-refractivity contribution < 1.29 is 9.59 Å². The highest BCUT2D eigenvalue weighted by molar-refractivity contribution is 5.97. The van der Waals surface area contributed by atoms with Gasteiger partial charge in [0.05, 0.1) is 6.04 Å². The molecular weight excluding hydrogens is 300 g/mol. The van der Waals surface area contributed by atoms with E-state index in [1.54, 1.807) is 19.1 Å². The minimum atomic E-state index is -0.540. The molecule has 1 aliphatic heterocycles. The van der Waals surface area contributed by atoms with Gasteiger partial charge >= 0.3 is 0 Å². The van der Waals surface area contributed by atoms with Crippen LogP contribution >= 0.6 is 0 Å². The van der Waals surface area contributed by atoms with Crippen LogP contribution in [0.1, 0.15) is 41.7 Å². The van der Waals surface area contributed by atoms with E-state index in [2.05, 4.69) is 17.4 Å². The Labute approximate surface area is 142 Å². The van der Waals surface area contributed by atoms with Crippen LogP contribution < -0.4 is 5.32 Å². The van der Waals surface area contributed by atoms with Gasteiger partial charge < -0.3 is 10.2 Å². The summed E-state index contributed by atoms with van der Waals surface area (Å²) in [6, 6.07) is 18.6. The molecule has 3 rings (SSSR count). The number of rotatable bonds is 4. The molecule has 1 fully saturated rings. The van der Waals surface area contributed by atoms with Crippen molar-refractivity contribution in [2.24, 2.45) is 0 Å². The number of amides is 2. The zero-order chi connectivity index (χ0) is 16.9. The predicted molar refractivity (Wildman–Crippen MR) is 93.5 cm³/mol. The molecule has 0 spiro atoms. The van der Waals surface area contributed by atoms with Gasteiger partial charge in [-0.05, 0) is 37.5 Å². The first-order valence-electron chi connectivity index (χ1n) is 8.38. The number of nitrogens with one attached hydrogen (secondary N) is 1. The fourth-order valence-corrected chi connectivity index (χ4v) is 3.23. The quantitative estimate of drug-likeness (QED) is 0.940. The van der Waals surface area contributed by atoms with Crippen molar-refractivity contribution in [3.8, 4) is 0 Å². The topological polar surface area (TPSA) is 49.4 Å². The molecule has 1 heterocycles. The van der Waals surface area contributed by atoms with E-state index < -0.39 is 6.04 Å². The van der Waals surface area contributed by atoms with Gasteiger partial charge in [0, 0.05) is 12.1 Å². The maximum absolute atomic E-state index is 12.8. The molecule has 1 N–H and O–H groups in total. The van der Waals surface area contributed by atoms with E-state index in [-0.39, 0.29) is 17.9 Å². The first-order chi connectivity index (χ1) is 11.7. The largest absolute Gasteiger partial charge is 0.341 e. The maximum Gasteiger partial charge on any atom is 0.251 e. The molecule has 0 aromatic heterocycles. The van der Waals surface area contributed by atoms with Crippen LogP contribution in [-0.2, 0) is 4.79 Å². The van der Waals surface area contributed by atoms with Crippen LogP contribution in [0.2, 0.25) is 0 Å². The second kappa shape index (κ2) is 7.30. The molecule has 2 amide bonds. The van der Waals surface area contributed by atoms with E-state index >= 15 is 0 Å². The van der Waals surface area contributed by atoms with E-state index in [4.69, 9.17) is 0 Å². The lowest BCUT2D eigenvalue weighted by atomic mass is 10.0. The smallest absolute Gasteiger partial charge is 0.251 e. The monoisotopic (exact) mass is 322 g/mol. The van der Waals surface area contributed by atoms with Gasteiger partial charge in [-0.1, -0.05) is 48.5 Å². The zero-order valence-corrected chi connectivity index (χ0v) is 13.8. The zero-order valence-electron chi connectivity index (χ0n) is 13.8. The molecule has 0 bridgehead atoms. The third-order valence-electron chi connectivity index (χ3n) is 4.47.